The molecule has 1 fully saturated rings. The predicted octanol–water partition coefficient (Wildman–Crippen LogP) is 0.950. The van der Waals surface area contributed by atoms with Crippen LogP contribution in [0.2, 0.25) is 0 Å². The van der Waals surface area contributed by atoms with Gasteiger partial charge in [0.05, 0.1) is 4.92 Å². The van der Waals surface area contributed by atoms with Crippen molar-refractivity contribution in [3.05, 3.63) is 22.5 Å². The third-order valence-corrected chi connectivity index (χ3v) is 3.31. The molecule has 0 radical (unpaired) electrons. The number of nitrogens with zero attached hydrogens (tertiary/aromatic N) is 4. The maximum Gasteiger partial charge on any atom is 0.305 e. The Morgan fingerprint density at radius 2 is 2.00 bits per heavy atom. The number of nitro groups is 1. The molecule has 0 bridgehead atoms. The Hall–Kier alpha value is -1.76. The predicted molar refractivity (Wildman–Crippen MR) is 67.3 cm³/mol. The lowest BCUT2D eigenvalue weighted by Gasteiger charge is -2.31. The fourth-order valence-electron chi connectivity index (χ4n) is 2.23. The van der Waals surface area contributed by atoms with E-state index in [0.29, 0.717) is 11.9 Å². The summed E-state index contributed by atoms with van der Waals surface area (Å²) in [5.74, 6) is 1.26. The van der Waals surface area contributed by atoms with Gasteiger partial charge in [-0.1, -0.05) is 0 Å². The second-order valence-corrected chi connectivity index (χ2v) is 4.51. The largest absolute Gasteiger partial charge is 0.341 e. The van der Waals surface area contributed by atoms with Crippen LogP contribution in [0.4, 0.5) is 11.6 Å². The molecular weight excluding hydrogens is 234 g/mol. The summed E-state index contributed by atoms with van der Waals surface area (Å²) in [4.78, 5) is 20.2. The zero-order valence-corrected chi connectivity index (χ0v) is 10.2. The van der Waals surface area contributed by atoms with Crippen LogP contribution in [0.1, 0.15) is 19.3 Å². The van der Waals surface area contributed by atoms with Gasteiger partial charge in [0.2, 0.25) is 5.95 Å². The van der Waals surface area contributed by atoms with Gasteiger partial charge in [0, 0.05) is 13.1 Å². The van der Waals surface area contributed by atoms with Gasteiger partial charge < -0.3 is 10.6 Å². The van der Waals surface area contributed by atoms with Gasteiger partial charge in [-0.2, -0.15) is 0 Å². The first-order valence-corrected chi connectivity index (χ1v) is 6.12. The van der Waals surface area contributed by atoms with E-state index >= 15 is 0 Å². The summed E-state index contributed by atoms with van der Waals surface area (Å²) in [5.41, 5.74) is 5.48. The van der Waals surface area contributed by atoms with Crippen molar-refractivity contribution in [1.29, 1.82) is 0 Å². The van der Waals surface area contributed by atoms with E-state index in [1.165, 1.54) is 12.4 Å². The van der Waals surface area contributed by atoms with Crippen molar-refractivity contribution in [2.75, 3.05) is 24.5 Å². The third kappa shape index (κ3) is 2.92. The summed E-state index contributed by atoms with van der Waals surface area (Å²) in [5, 5.41) is 10.5. The first-order valence-electron chi connectivity index (χ1n) is 6.12. The smallest absolute Gasteiger partial charge is 0.305 e. The number of hydrogen-bond acceptors (Lipinski definition) is 6. The van der Waals surface area contributed by atoms with E-state index in [1.807, 2.05) is 0 Å². The second kappa shape index (κ2) is 5.72. The normalized spacial score (nSPS) is 16.8. The van der Waals surface area contributed by atoms with E-state index in [2.05, 4.69) is 14.9 Å². The van der Waals surface area contributed by atoms with Crippen molar-refractivity contribution in [2.24, 2.45) is 11.7 Å². The van der Waals surface area contributed by atoms with Gasteiger partial charge in [-0.25, -0.2) is 9.97 Å². The Morgan fingerprint density at radius 1 is 1.39 bits per heavy atom. The molecule has 0 unspecified atom stereocenters. The number of piperidine rings is 1. The highest BCUT2D eigenvalue weighted by Gasteiger charge is 2.20. The third-order valence-electron chi connectivity index (χ3n) is 3.31. The van der Waals surface area contributed by atoms with E-state index in [0.717, 1.165) is 38.9 Å². The maximum atomic E-state index is 10.5. The van der Waals surface area contributed by atoms with Crippen LogP contribution >= 0.6 is 0 Å². The van der Waals surface area contributed by atoms with Gasteiger partial charge in [-0.15, -0.1) is 0 Å². The van der Waals surface area contributed by atoms with Gasteiger partial charge in [-0.05, 0) is 31.7 Å². The molecule has 1 aliphatic rings. The lowest BCUT2D eigenvalue weighted by atomic mass is 9.94. The topological polar surface area (TPSA) is 98.2 Å². The molecule has 2 N–H and O–H groups in total. The molecule has 2 rings (SSSR count). The van der Waals surface area contributed by atoms with Gasteiger partial charge in [0.15, 0.2) is 0 Å². The quantitative estimate of drug-likeness (QED) is 0.632. The first-order chi connectivity index (χ1) is 8.70. The van der Waals surface area contributed by atoms with Gasteiger partial charge in [0.25, 0.3) is 0 Å². The van der Waals surface area contributed by atoms with Crippen LogP contribution in [0.15, 0.2) is 12.4 Å². The van der Waals surface area contributed by atoms with Crippen molar-refractivity contribution in [1.82, 2.24) is 9.97 Å². The minimum absolute atomic E-state index is 0.0724. The van der Waals surface area contributed by atoms with Crippen molar-refractivity contribution in [2.45, 2.75) is 19.3 Å². The Bertz CT molecular complexity index is 400. The lowest BCUT2D eigenvalue weighted by molar-refractivity contribution is -0.385. The highest BCUT2D eigenvalue weighted by Crippen LogP contribution is 2.22. The molecule has 1 aromatic rings. The van der Waals surface area contributed by atoms with E-state index in [1.54, 1.807) is 0 Å². The molecule has 0 amide bonds. The molecule has 1 aromatic heterocycles. The Kier molecular flexibility index (Phi) is 4.03. The number of anilines is 1. The minimum Gasteiger partial charge on any atom is -0.341 e. The highest BCUT2D eigenvalue weighted by molar-refractivity contribution is 5.34. The molecule has 7 heteroatoms. The number of nitrogens with two attached hydrogens (primary N) is 1. The number of aromatic nitrogens is 2. The lowest BCUT2D eigenvalue weighted by Crippen LogP contribution is -2.35. The van der Waals surface area contributed by atoms with E-state index < -0.39 is 4.92 Å². The molecule has 0 aliphatic carbocycles. The van der Waals surface area contributed by atoms with E-state index in [-0.39, 0.29) is 5.69 Å². The SMILES string of the molecule is NCCC1CCN(c2ncc([N+](=O)[O-])cn2)CC1. The van der Waals surface area contributed by atoms with Crippen LogP contribution in [-0.2, 0) is 0 Å². The van der Waals surface area contributed by atoms with Crippen LogP contribution in [0.25, 0.3) is 0 Å². The van der Waals surface area contributed by atoms with Crippen LogP contribution in [0.3, 0.4) is 0 Å². The minimum atomic E-state index is -0.489. The summed E-state index contributed by atoms with van der Waals surface area (Å²) in [7, 11) is 0. The van der Waals surface area contributed by atoms with Crippen LogP contribution in [0.5, 0.6) is 0 Å². The standard InChI is InChI=1S/C11H17N5O2/c12-4-1-9-2-5-15(6-3-9)11-13-7-10(8-14-11)16(17)18/h7-9H,1-6,12H2. The summed E-state index contributed by atoms with van der Waals surface area (Å²) in [6.07, 6.45) is 5.74. The Morgan fingerprint density at radius 3 is 2.50 bits per heavy atom. The van der Waals surface area contributed by atoms with E-state index in [4.69, 9.17) is 5.73 Å². The van der Waals surface area contributed by atoms with Crippen molar-refractivity contribution >= 4 is 11.6 Å². The maximum absolute atomic E-state index is 10.5. The molecule has 98 valence electrons. The summed E-state index contributed by atoms with van der Waals surface area (Å²) in [6, 6.07) is 0. The van der Waals surface area contributed by atoms with Crippen LogP contribution in [0, 0.1) is 16.0 Å². The first kappa shape index (κ1) is 12.7. The molecule has 0 saturated carbocycles. The average Bonchev–Trinajstić information content (AvgIpc) is 2.40. The monoisotopic (exact) mass is 251 g/mol. The van der Waals surface area contributed by atoms with Crippen molar-refractivity contribution < 1.29 is 4.92 Å². The van der Waals surface area contributed by atoms with Crippen molar-refractivity contribution in [3.8, 4) is 0 Å². The summed E-state index contributed by atoms with van der Waals surface area (Å²) >= 11 is 0. The van der Waals surface area contributed by atoms with Gasteiger partial charge in [0.1, 0.15) is 12.4 Å². The Labute approximate surface area is 105 Å². The highest BCUT2D eigenvalue weighted by atomic mass is 16.6. The van der Waals surface area contributed by atoms with Crippen LogP contribution in [-0.4, -0.2) is 34.5 Å². The van der Waals surface area contributed by atoms with Crippen molar-refractivity contribution in [3.63, 3.8) is 0 Å². The number of rotatable bonds is 4. The molecule has 7 nitrogen and oxygen atoms in total. The van der Waals surface area contributed by atoms with Gasteiger partial charge >= 0.3 is 5.69 Å². The van der Waals surface area contributed by atoms with Crippen LogP contribution < -0.4 is 10.6 Å². The molecular formula is C11H17N5O2. The zero-order chi connectivity index (χ0) is 13.0. The summed E-state index contributed by atoms with van der Waals surface area (Å²) < 4.78 is 0. The average molecular weight is 251 g/mol. The molecule has 0 aromatic carbocycles. The number of hydrogen-bond donors (Lipinski definition) is 1. The fraction of sp³-hybridized carbons (Fsp3) is 0.636. The molecule has 1 aliphatic heterocycles. The summed E-state index contributed by atoms with van der Waals surface area (Å²) in [6.45, 7) is 2.52. The molecule has 0 spiro atoms. The van der Waals surface area contributed by atoms with Gasteiger partial charge in [-0.3, -0.25) is 10.1 Å². The second-order valence-electron chi connectivity index (χ2n) is 4.51. The molecule has 2 heterocycles. The van der Waals surface area contributed by atoms with E-state index in [9.17, 15) is 10.1 Å². The molecule has 18 heavy (non-hydrogen) atoms. The fourth-order valence-corrected chi connectivity index (χ4v) is 2.23. The molecule has 1 saturated heterocycles. The Balaban J connectivity index is 1.95. The molecule has 0 atom stereocenters. The zero-order valence-electron chi connectivity index (χ0n) is 10.2.